The molecular weight excluding hydrogens is 400 g/mol. The third kappa shape index (κ3) is 6.59. The lowest BCUT2D eigenvalue weighted by molar-refractivity contribution is -0.562. The Morgan fingerprint density at radius 3 is 1.93 bits per heavy atom. The summed E-state index contributed by atoms with van der Waals surface area (Å²) in [5, 5.41) is 15.1. The average Bonchev–Trinajstić information content (AvgIpc) is 2.52. The molecule has 1 aromatic carbocycles. The topological polar surface area (TPSA) is 108 Å². The lowest BCUT2D eigenvalue weighted by atomic mass is 9.83. The first-order valence-corrected chi connectivity index (χ1v) is 9.63. The van der Waals surface area contributed by atoms with Crippen LogP contribution < -0.4 is 5.32 Å². The summed E-state index contributed by atoms with van der Waals surface area (Å²) >= 11 is 5.93. The molecule has 1 amide bonds. The zero-order chi connectivity index (χ0) is 22.6. The summed E-state index contributed by atoms with van der Waals surface area (Å²) in [6, 6.07) is 4.74. The molecule has 1 N–H and O–H groups in total. The molecule has 0 spiro atoms. The van der Waals surface area contributed by atoms with Gasteiger partial charge in [-0.05, 0) is 59.2 Å². The quantitative estimate of drug-likeness (QED) is 0.400. The Morgan fingerprint density at radius 2 is 1.55 bits per heavy atom. The number of nitro groups is 1. The van der Waals surface area contributed by atoms with Gasteiger partial charge in [0, 0.05) is 16.4 Å². The van der Waals surface area contributed by atoms with E-state index in [1.54, 1.807) is 41.5 Å². The van der Waals surface area contributed by atoms with Crippen LogP contribution in [0.25, 0.3) is 0 Å². The lowest BCUT2D eigenvalue weighted by Gasteiger charge is -2.34. The van der Waals surface area contributed by atoms with Crippen LogP contribution in [0.1, 0.15) is 66.5 Å². The fraction of sp³-hybridized carbons (Fsp3) is 0.600. The third-order valence-corrected chi connectivity index (χ3v) is 4.21. The molecule has 0 fully saturated rings. The van der Waals surface area contributed by atoms with Crippen molar-refractivity contribution in [3.63, 3.8) is 0 Å². The van der Waals surface area contributed by atoms with Crippen LogP contribution in [0, 0.1) is 10.1 Å². The van der Waals surface area contributed by atoms with E-state index in [1.165, 1.54) is 31.2 Å². The maximum absolute atomic E-state index is 13.0. The van der Waals surface area contributed by atoms with Crippen LogP contribution >= 0.6 is 11.6 Å². The van der Waals surface area contributed by atoms with Crippen molar-refractivity contribution < 1.29 is 24.0 Å². The molecule has 0 aliphatic rings. The van der Waals surface area contributed by atoms with Crippen molar-refractivity contribution in [2.45, 2.75) is 77.7 Å². The second-order valence-electron chi connectivity index (χ2n) is 8.67. The Hall–Kier alpha value is -2.35. The molecule has 0 aliphatic heterocycles. The molecule has 0 saturated carbocycles. The number of esters is 1. The Kier molecular flexibility index (Phi) is 7.65. The largest absolute Gasteiger partial charge is 0.455 e. The normalized spacial score (nSPS) is 15.0. The number of halogens is 1. The third-order valence-electron chi connectivity index (χ3n) is 3.96. The highest BCUT2D eigenvalue weighted by atomic mass is 35.5. The van der Waals surface area contributed by atoms with Gasteiger partial charge in [-0.1, -0.05) is 30.7 Å². The summed E-state index contributed by atoms with van der Waals surface area (Å²) in [7, 11) is 0. The Labute approximate surface area is 176 Å². The molecule has 0 saturated heterocycles. The second kappa shape index (κ2) is 8.98. The maximum Gasteiger partial charge on any atom is 0.408 e. The molecule has 0 radical (unpaired) electrons. The molecule has 29 heavy (non-hydrogen) atoms. The second-order valence-corrected chi connectivity index (χ2v) is 9.10. The van der Waals surface area contributed by atoms with Crippen molar-refractivity contribution >= 4 is 23.7 Å². The van der Waals surface area contributed by atoms with Gasteiger partial charge in [0.05, 0.1) is 0 Å². The fourth-order valence-corrected chi connectivity index (χ4v) is 2.83. The minimum atomic E-state index is -2.27. The van der Waals surface area contributed by atoms with Crippen molar-refractivity contribution in [2.24, 2.45) is 0 Å². The van der Waals surface area contributed by atoms with Gasteiger partial charge in [-0.2, -0.15) is 0 Å². The van der Waals surface area contributed by atoms with E-state index in [9.17, 15) is 19.7 Å². The average molecular weight is 429 g/mol. The number of ether oxygens (including phenoxy) is 2. The summed E-state index contributed by atoms with van der Waals surface area (Å²) in [6.45, 7) is 11.3. The van der Waals surface area contributed by atoms with Gasteiger partial charge in [0.2, 0.25) is 0 Å². The van der Waals surface area contributed by atoms with Crippen LogP contribution in [-0.2, 0) is 14.3 Å². The van der Waals surface area contributed by atoms with E-state index in [0.29, 0.717) is 10.6 Å². The highest BCUT2D eigenvalue weighted by Gasteiger charge is 2.60. The number of amides is 1. The number of rotatable bonds is 6. The Balaban J connectivity index is 3.54. The van der Waals surface area contributed by atoms with E-state index in [4.69, 9.17) is 21.1 Å². The number of nitrogens with one attached hydrogen (secondary N) is 1. The number of carbonyl (C=O) groups excluding carboxylic acids is 2. The molecule has 162 valence electrons. The first-order valence-electron chi connectivity index (χ1n) is 9.25. The predicted octanol–water partition coefficient (Wildman–Crippen LogP) is 4.67. The van der Waals surface area contributed by atoms with Crippen molar-refractivity contribution in [1.29, 1.82) is 0 Å². The van der Waals surface area contributed by atoms with Crippen LogP contribution in [0.2, 0.25) is 5.02 Å². The summed E-state index contributed by atoms with van der Waals surface area (Å²) in [4.78, 5) is 37.0. The zero-order valence-corrected chi connectivity index (χ0v) is 18.6. The zero-order valence-electron chi connectivity index (χ0n) is 17.9. The molecule has 1 aromatic rings. The van der Waals surface area contributed by atoms with Crippen LogP contribution in [0.5, 0.6) is 0 Å². The molecule has 0 unspecified atom stereocenters. The van der Waals surface area contributed by atoms with Crippen LogP contribution in [0.4, 0.5) is 4.79 Å². The molecule has 0 bridgehead atoms. The summed E-state index contributed by atoms with van der Waals surface area (Å²) in [5.74, 6) is -1.05. The standard InChI is InChI=1S/C20H29ClN2O6/c1-8-20(23(26)27,16(24)28-18(2,3)4)15(13-9-11-14(21)12-10-13)22-17(25)29-19(5,6)7/h9-12,15H,8H2,1-7H3,(H,22,25)/t15-,20+/m1/s1. The highest BCUT2D eigenvalue weighted by Crippen LogP contribution is 2.35. The minimum absolute atomic E-state index is 0.224. The molecule has 0 aliphatic carbocycles. The number of benzene rings is 1. The molecule has 2 atom stereocenters. The van der Waals surface area contributed by atoms with Crippen molar-refractivity contribution in [2.75, 3.05) is 0 Å². The van der Waals surface area contributed by atoms with E-state index < -0.39 is 39.8 Å². The minimum Gasteiger partial charge on any atom is -0.455 e. The summed E-state index contributed by atoms with van der Waals surface area (Å²) in [5.41, 5.74) is -3.73. The van der Waals surface area contributed by atoms with E-state index in [2.05, 4.69) is 5.32 Å². The van der Waals surface area contributed by atoms with Crippen LogP contribution in [0.3, 0.4) is 0 Å². The van der Waals surface area contributed by atoms with Gasteiger partial charge >= 0.3 is 17.6 Å². The maximum atomic E-state index is 13.0. The smallest absolute Gasteiger partial charge is 0.408 e. The van der Waals surface area contributed by atoms with Crippen LogP contribution in [0.15, 0.2) is 24.3 Å². The van der Waals surface area contributed by atoms with Gasteiger partial charge in [0.1, 0.15) is 17.2 Å². The molecule has 1 rings (SSSR count). The first kappa shape index (κ1) is 24.7. The fourth-order valence-electron chi connectivity index (χ4n) is 2.70. The van der Waals surface area contributed by atoms with E-state index in [0.717, 1.165) is 0 Å². The van der Waals surface area contributed by atoms with Gasteiger partial charge in [0.15, 0.2) is 0 Å². The number of carbonyl (C=O) groups is 2. The first-order chi connectivity index (χ1) is 13.1. The number of nitrogens with zero attached hydrogens (tertiary/aromatic N) is 1. The Morgan fingerprint density at radius 1 is 1.07 bits per heavy atom. The van der Waals surface area contributed by atoms with Gasteiger partial charge in [0.25, 0.3) is 0 Å². The lowest BCUT2D eigenvalue weighted by Crippen LogP contribution is -2.58. The molecule has 9 heteroatoms. The molecular formula is C20H29ClN2O6. The van der Waals surface area contributed by atoms with Gasteiger partial charge < -0.3 is 14.8 Å². The van der Waals surface area contributed by atoms with Crippen molar-refractivity contribution in [3.05, 3.63) is 45.0 Å². The molecule has 8 nitrogen and oxygen atoms in total. The monoisotopic (exact) mass is 428 g/mol. The SMILES string of the molecule is CC[C@@](C(=O)OC(C)(C)C)([C@H](NC(=O)OC(C)(C)C)c1ccc(Cl)cc1)[N+](=O)[O-]. The molecule has 0 aromatic heterocycles. The number of alkyl carbamates (subject to hydrolysis) is 1. The number of hydrogen-bond donors (Lipinski definition) is 1. The summed E-state index contributed by atoms with van der Waals surface area (Å²) in [6.07, 6.45) is -1.11. The highest BCUT2D eigenvalue weighted by molar-refractivity contribution is 6.30. The van der Waals surface area contributed by atoms with E-state index in [-0.39, 0.29) is 6.42 Å². The molecule has 0 heterocycles. The summed E-state index contributed by atoms with van der Waals surface area (Å²) < 4.78 is 10.6. The van der Waals surface area contributed by atoms with Gasteiger partial charge in [-0.25, -0.2) is 9.59 Å². The van der Waals surface area contributed by atoms with Crippen LogP contribution in [-0.4, -0.2) is 33.7 Å². The number of hydrogen-bond acceptors (Lipinski definition) is 6. The van der Waals surface area contributed by atoms with E-state index in [1.807, 2.05) is 0 Å². The van der Waals surface area contributed by atoms with Gasteiger partial charge in [-0.3, -0.25) is 10.1 Å². The van der Waals surface area contributed by atoms with E-state index >= 15 is 0 Å². The van der Waals surface area contributed by atoms with Gasteiger partial charge in [-0.15, -0.1) is 0 Å². The van der Waals surface area contributed by atoms with Crippen molar-refractivity contribution in [1.82, 2.24) is 5.32 Å². The Bertz CT molecular complexity index is 752. The van der Waals surface area contributed by atoms with Crippen molar-refractivity contribution in [3.8, 4) is 0 Å². The predicted molar refractivity (Wildman–Crippen MR) is 109 cm³/mol.